The number of hydrogen-bond acceptors (Lipinski definition) is 2. The highest BCUT2D eigenvalue weighted by Gasteiger charge is 2.27. The number of carbonyl (C=O) groups is 2. The van der Waals surface area contributed by atoms with Gasteiger partial charge in [-0.2, -0.15) is 0 Å². The van der Waals surface area contributed by atoms with Gasteiger partial charge < -0.3 is 10.2 Å². The molecule has 1 unspecified atom stereocenters. The molecule has 1 aromatic carbocycles. The van der Waals surface area contributed by atoms with Crippen LogP contribution in [0.4, 0.5) is 0 Å². The van der Waals surface area contributed by atoms with Crippen LogP contribution in [0.2, 0.25) is 0 Å². The SMILES string of the molecule is C=CC(=O)N1CCC(C(=O)NC(C)c2cccc(C)c2)CC1. The quantitative estimate of drug-likeness (QED) is 0.869. The Kier molecular flexibility index (Phi) is 5.36. The maximum atomic E-state index is 12.4. The Labute approximate surface area is 132 Å². The molecule has 1 aliphatic heterocycles. The zero-order valence-electron chi connectivity index (χ0n) is 13.3. The lowest BCUT2D eigenvalue weighted by atomic mass is 9.95. The third-order valence-corrected chi connectivity index (χ3v) is 4.25. The van der Waals surface area contributed by atoms with Gasteiger partial charge in [0, 0.05) is 19.0 Å². The molecule has 4 nitrogen and oxygen atoms in total. The van der Waals surface area contributed by atoms with Crippen molar-refractivity contribution in [2.24, 2.45) is 5.92 Å². The van der Waals surface area contributed by atoms with Gasteiger partial charge in [-0.3, -0.25) is 9.59 Å². The second-order valence-electron chi connectivity index (χ2n) is 5.95. The smallest absolute Gasteiger partial charge is 0.245 e. The number of benzene rings is 1. The van der Waals surface area contributed by atoms with Crippen molar-refractivity contribution in [1.29, 1.82) is 0 Å². The molecule has 2 amide bonds. The number of carbonyl (C=O) groups excluding carboxylic acids is 2. The molecule has 1 heterocycles. The summed E-state index contributed by atoms with van der Waals surface area (Å²) < 4.78 is 0. The van der Waals surface area contributed by atoms with Gasteiger partial charge in [-0.15, -0.1) is 0 Å². The molecule has 0 bridgehead atoms. The maximum Gasteiger partial charge on any atom is 0.245 e. The number of piperidine rings is 1. The van der Waals surface area contributed by atoms with Crippen molar-refractivity contribution >= 4 is 11.8 Å². The fourth-order valence-corrected chi connectivity index (χ4v) is 2.85. The summed E-state index contributed by atoms with van der Waals surface area (Å²) in [7, 11) is 0. The molecule has 22 heavy (non-hydrogen) atoms. The third-order valence-electron chi connectivity index (χ3n) is 4.25. The van der Waals surface area contributed by atoms with Gasteiger partial charge in [-0.05, 0) is 38.3 Å². The van der Waals surface area contributed by atoms with Gasteiger partial charge in [-0.25, -0.2) is 0 Å². The second-order valence-corrected chi connectivity index (χ2v) is 5.95. The Bertz CT molecular complexity index is 560. The van der Waals surface area contributed by atoms with E-state index in [1.54, 1.807) is 4.90 Å². The van der Waals surface area contributed by atoms with E-state index in [0.29, 0.717) is 25.9 Å². The van der Waals surface area contributed by atoms with E-state index in [1.165, 1.54) is 11.6 Å². The summed E-state index contributed by atoms with van der Waals surface area (Å²) >= 11 is 0. The van der Waals surface area contributed by atoms with Gasteiger partial charge in [0.1, 0.15) is 0 Å². The molecule has 0 aliphatic carbocycles. The van der Waals surface area contributed by atoms with Crippen molar-refractivity contribution in [2.45, 2.75) is 32.7 Å². The summed E-state index contributed by atoms with van der Waals surface area (Å²) in [5, 5.41) is 3.09. The molecule has 1 aromatic rings. The molecule has 4 heteroatoms. The summed E-state index contributed by atoms with van der Waals surface area (Å²) in [5.41, 5.74) is 2.31. The maximum absolute atomic E-state index is 12.4. The molecule has 1 aliphatic rings. The van der Waals surface area contributed by atoms with Crippen LogP contribution < -0.4 is 5.32 Å². The first-order chi connectivity index (χ1) is 10.5. The van der Waals surface area contributed by atoms with Gasteiger partial charge >= 0.3 is 0 Å². The van der Waals surface area contributed by atoms with Crippen LogP contribution in [-0.2, 0) is 9.59 Å². The number of hydrogen-bond donors (Lipinski definition) is 1. The van der Waals surface area contributed by atoms with Gasteiger partial charge in [-0.1, -0.05) is 36.4 Å². The van der Waals surface area contributed by atoms with E-state index in [-0.39, 0.29) is 23.8 Å². The third kappa shape index (κ3) is 3.97. The topological polar surface area (TPSA) is 49.4 Å². The monoisotopic (exact) mass is 300 g/mol. The Morgan fingerprint density at radius 3 is 2.64 bits per heavy atom. The number of likely N-dealkylation sites (tertiary alicyclic amines) is 1. The highest BCUT2D eigenvalue weighted by Crippen LogP contribution is 2.20. The van der Waals surface area contributed by atoms with Crippen LogP contribution in [0.25, 0.3) is 0 Å². The van der Waals surface area contributed by atoms with Crippen LogP contribution in [0, 0.1) is 12.8 Å². The van der Waals surface area contributed by atoms with Crippen molar-refractivity contribution in [3.63, 3.8) is 0 Å². The molecule has 0 aromatic heterocycles. The van der Waals surface area contributed by atoms with Gasteiger partial charge in [0.2, 0.25) is 11.8 Å². The summed E-state index contributed by atoms with van der Waals surface area (Å²) in [5.74, 6) is 0.0211. The second kappa shape index (κ2) is 7.25. The van der Waals surface area contributed by atoms with Crippen LogP contribution >= 0.6 is 0 Å². The molecule has 1 saturated heterocycles. The lowest BCUT2D eigenvalue weighted by Crippen LogP contribution is -2.42. The minimum Gasteiger partial charge on any atom is -0.349 e. The molecule has 2 rings (SSSR count). The normalized spacial score (nSPS) is 16.9. The molecule has 1 fully saturated rings. The summed E-state index contributed by atoms with van der Waals surface area (Å²) in [4.78, 5) is 25.7. The standard InChI is InChI=1S/C18H24N2O2/c1-4-17(21)20-10-8-15(9-11-20)18(22)19-14(3)16-7-5-6-13(2)12-16/h4-7,12,14-15H,1,8-11H2,2-3H3,(H,19,22). The van der Waals surface area contributed by atoms with E-state index >= 15 is 0 Å². The van der Waals surface area contributed by atoms with Gasteiger partial charge in [0.15, 0.2) is 0 Å². The zero-order valence-corrected chi connectivity index (χ0v) is 13.3. The van der Waals surface area contributed by atoms with E-state index in [1.807, 2.05) is 32.0 Å². The first kappa shape index (κ1) is 16.3. The molecule has 0 radical (unpaired) electrons. The fraction of sp³-hybridized carbons (Fsp3) is 0.444. The van der Waals surface area contributed by atoms with Crippen molar-refractivity contribution in [3.05, 3.63) is 48.0 Å². The molecule has 1 atom stereocenters. The first-order valence-corrected chi connectivity index (χ1v) is 7.79. The highest BCUT2D eigenvalue weighted by molar-refractivity contribution is 5.87. The minimum absolute atomic E-state index is 0.000219. The molecule has 1 N–H and O–H groups in total. The minimum atomic E-state index is -0.0491. The van der Waals surface area contributed by atoms with E-state index in [9.17, 15) is 9.59 Å². The number of nitrogens with zero attached hydrogens (tertiary/aromatic N) is 1. The first-order valence-electron chi connectivity index (χ1n) is 7.79. The Hall–Kier alpha value is -2.10. The zero-order chi connectivity index (χ0) is 16.1. The van der Waals surface area contributed by atoms with E-state index < -0.39 is 0 Å². The van der Waals surface area contributed by atoms with Crippen LogP contribution in [0.15, 0.2) is 36.9 Å². The summed E-state index contributed by atoms with van der Waals surface area (Å²) in [6.07, 6.45) is 2.76. The predicted octanol–water partition coefficient (Wildman–Crippen LogP) is 2.60. The van der Waals surface area contributed by atoms with Crippen molar-refractivity contribution in [3.8, 4) is 0 Å². The van der Waals surface area contributed by atoms with E-state index in [0.717, 1.165) is 5.56 Å². The number of rotatable bonds is 4. The number of aryl methyl sites for hydroxylation is 1. The Morgan fingerprint density at radius 2 is 2.05 bits per heavy atom. The highest BCUT2D eigenvalue weighted by atomic mass is 16.2. The molecule has 0 saturated carbocycles. The lowest BCUT2D eigenvalue weighted by Gasteiger charge is -2.31. The lowest BCUT2D eigenvalue weighted by molar-refractivity contribution is -0.132. The van der Waals surface area contributed by atoms with Crippen molar-refractivity contribution in [1.82, 2.24) is 10.2 Å². The molecular formula is C18H24N2O2. The molecule has 0 spiro atoms. The number of nitrogens with one attached hydrogen (secondary N) is 1. The average molecular weight is 300 g/mol. The van der Waals surface area contributed by atoms with Crippen LogP contribution in [-0.4, -0.2) is 29.8 Å². The Morgan fingerprint density at radius 1 is 1.36 bits per heavy atom. The number of amides is 2. The van der Waals surface area contributed by atoms with E-state index in [2.05, 4.69) is 18.0 Å². The van der Waals surface area contributed by atoms with Crippen LogP contribution in [0.5, 0.6) is 0 Å². The van der Waals surface area contributed by atoms with Crippen LogP contribution in [0.1, 0.15) is 36.9 Å². The average Bonchev–Trinajstić information content (AvgIpc) is 2.54. The van der Waals surface area contributed by atoms with Gasteiger partial charge in [0.05, 0.1) is 6.04 Å². The van der Waals surface area contributed by atoms with E-state index in [4.69, 9.17) is 0 Å². The summed E-state index contributed by atoms with van der Waals surface area (Å²) in [6.45, 7) is 8.80. The predicted molar refractivity (Wildman–Crippen MR) is 87.2 cm³/mol. The molecule has 118 valence electrons. The Balaban J connectivity index is 1.88. The summed E-state index contributed by atoms with van der Waals surface area (Å²) in [6, 6.07) is 8.18. The van der Waals surface area contributed by atoms with Crippen molar-refractivity contribution < 1.29 is 9.59 Å². The molecular weight excluding hydrogens is 276 g/mol. The van der Waals surface area contributed by atoms with Crippen molar-refractivity contribution in [2.75, 3.05) is 13.1 Å². The van der Waals surface area contributed by atoms with Crippen LogP contribution in [0.3, 0.4) is 0 Å². The largest absolute Gasteiger partial charge is 0.349 e. The fourth-order valence-electron chi connectivity index (χ4n) is 2.85. The van der Waals surface area contributed by atoms with Gasteiger partial charge in [0.25, 0.3) is 0 Å².